The molecule has 0 aliphatic heterocycles. The molecule has 1 aliphatic rings. The minimum Gasteiger partial charge on any atom is -0.507 e. The zero-order valence-corrected chi connectivity index (χ0v) is 9.69. The minimum atomic E-state index is -3.04. The molecule has 1 aliphatic carbocycles. The summed E-state index contributed by atoms with van der Waals surface area (Å²) in [6.07, 6.45) is -1.55. The summed E-state index contributed by atoms with van der Waals surface area (Å²) in [6.45, 7) is 0. The van der Waals surface area contributed by atoms with E-state index < -0.39 is 34.8 Å². The number of carbonyl (C=O) groups excluding carboxylic acids is 1. The lowest BCUT2D eigenvalue weighted by Crippen LogP contribution is -2.51. The number of rotatable bonds is 1. The summed E-state index contributed by atoms with van der Waals surface area (Å²) >= 11 is 0. The predicted octanol–water partition coefficient (Wildman–Crippen LogP) is 0.0221. The lowest BCUT2D eigenvalue weighted by Gasteiger charge is -2.29. The quantitative estimate of drug-likeness (QED) is 0.277. The summed E-state index contributed by atoms with van der Waals surface area (Å²) in [6, 6.07) is 8.00. The Hall–Kier alpha value is -2.15. The molecule has 0 aromatic heterocycles. The van der Waals surface area contributed by atoms with E-state index in [1.807, 2.05) is 0 Å². The number of allylic oxidation sites excluding steroid dienone is 1. The third-order valence-corrected chi connectivity index (χ3v) is 2.86. The van der Waals surface area contributed by atoms with Crippen LogP contribution in [-0.4, -0.2) is 43.2 Å². The van der Waals surface area contributed by atoms with Gasteiger partial charge in [-0.2, -0.15) is 0 Å². The summed E-state index contributed by atoms with van der Waals surface area (Å²) in [7, 11) is 0. The monoisotopic (exact) mass is 264 g/mol. The Labute approximate surface area is 108 Å². The Morgan fingerprint density at radius 3 is 2.32 bits per heavy atom. The Bertz CT molecular complexity index is 570. The Morgan fingerprint density at radius 2 is 1.74 bits per heavy atom. The molecule has 5 N–H and O–H groups in total. The number of hydrogen-bond donors (Lipinski definition) is 5. The number of hydrogen-bond acceptors (Lipinski definition) is 6. The van der Waals surface area contributed by atoms with Crippen LogP contribution in [0, 0.1) is 0 Å². The first-order valence-corrected chi connectivity index (χ1v) is 5.42. The molecule has 0 saturated heterocycles. The third-order valence-electron chi connectivity index (χ3n) is 2.86. The lowest BCUT2D eigenvalue weighted by atomic mass is 9.89. The van der Waals surface area contributed by atoms with Gasteiger partial charge in [-0.1, -0.05) is 30.3 Å². The lowest BCUT2D eigenvalue weighted by molar-refractivity contribution is -0.213. The second kappa shape index (κ2) is 4.51. The fourth-order valence-corrected chi connectivity index (χ4v) is 1.72. The molecule has 100 valence electrons. The number of carbonyl (C=O) groups is 1. The third kappa shape index (κ3) is 2.12. The maximum atomic E-state index is 11.8. The van der Waals surface area contributed by atoms with Crippen LogP contribution in [0.1, 0.15) is 5.56 Å². The Kier molecular flexibility index (Phi) is 3.15. The van der Waals surface area contributed by atoms with Crippen molar-refractivity contribution in [1.82, 2.24) is 0 Å². The van der Waals surface area contributed by atoms with Crippen molar-refractivity contribution in [2.24, 2.45) is 0 Å². The van der Waals surface area contributed by atoms with Gasteiger partial charge < -0.3 is 25.5 Å². The van der Waals surface area contributed by atoms with Gasteiger partial charge in [0, 0.05) is 5.56 Å². The van der Waals surface area contributed by atoms with Crippen LogP contribution in [0.5, 0.6) is 0 Å². The maximum Gasteiger partial charge on any atom is 0.257 e. The summed E-state index contributed by atoms with van der Waals surface area (Å²) in [5, 5.41) is 47.4. The van der Waals surface area contributed by atoms with Gasteiger partial charge in [0.05, 0.1) is 5.57 Å². The highest BCUT2D eigenvalue weighted by Gasteiger charge is 2.47. The van der Waals surface area contributed by atoms with Gasteiger partial charge in [-0.3, -0.25) is 4.79 Å². The van der Waals surface area contributed by atoms with Gasteiger partial charge in [0.15, 0.2) is 11.9 Å². The van der Waals surface area contributed by atoms with Crippen molar-refractivity contribution in [1.29, 1.82) is 0 Å². The highest BCUT2D eigenvalue weighted by molar-refractivity contribution is 6.08. The van der Waals surface area contributed by atoms with Gasteiger partial charge in [-0.05, 0) is 6.08 Å². The highest BCUT2D eigenvalue weighted by Crippen LogP contribution is 2.30. The van der Waals surface area contributed by atoms with Crippen LogP contribution >= 0.6 is 0 Å². The maximum absolute atomic E-state index is 11.8. The predicted molar refractivity (Wildman–Crippen MR) is 64.9 cm³/mol. The molecule has 6 nitrogen and oxygen atoms in total. The van der Waals surface area contributed by atoms with Crippen molar-refractivity contribution in [3.63, 3.8) is 0 Å². The summed E-state index contributed by atoms with van der Waals surface area (Å²) in [4.78, 5) is 11.8. The molecule has 6 heteroatoms. The van der Waals surface area contributed by atoms with Gasteiger partial charge in [0.25, 0.3) is 5.79 Å². The first-order chi connectivity index (χ1) is 8.85. The van der Waals surface area contributed by atoms with E-state index in [4.69, 9.17) is 0 Å². The van der Waals surface area contributed by atoms with Crippen molar-refractivity contribution in [2.45, 2.75) is 11.9 Å². The van der Waals surface area contributed by atoms with Crippen LogP contribution in [0.15, 0.2) is 47.7 Å². The number of aliphatic hydroxyl groups excluding tert-OH is 3. The van der Waals surface area contributed by atoms with Crippen molar-refractivity contribution >= 4 is 11.5 Å². The molecule has 0 fully saturated rings. The van der Waals surface area contributed by atoms with Crippen molar-refractivity contribution in [3.8, 4) is 0 Å². The second-order valence-electron chi connectivity index (χ2n) is 4.15. The van der Waals surface area contributed by atoms with Crippen LogP contribution in [0.25, 0.3) is 5.76 Å². The van der Waals surface area contributed by atoms with E-state index in [1.54, 1.807) is 18.2 Å². The van der Waals surface area contributed by atoms with E-state index in [9.17, 15) is 30.3 Å². The zero-order valence-electron chi connectivity index (χ0n) is 9.69. The molecule has 0 spiro atoms. The molecule has 0 saturated carbocycles. The average Bonchev–Trinajstić information content (AvgIpc) is 2.41. The molecule has 0 amide bonds. The standard InChI is InChI=1S/C13H12O6/c14-9-6-8(11(16)12(17)13(9,18)19)10(15)7-4-2-1-3-5-7/h1-6,12,14-15,17-19H. The highest BCUT2D eigenvalue weighted by atomic mass is 16.5. The topological polar surface area (TPSA) is 118 Å². The number of benzene rings is 1. The molecule has 2 rings (SSSR count). The molecule has 1 unspecified atom stereocenters. The zero-order chi connectivity index (χ0) is 14.2. The normalized spacial score (nSPS) is 24.9. The minimum absolute atomic E-state index is 0.297. The van der Waals surface area contributed by atoms with Gasteiger partial charge in [-0.25, -0.2) is 0 Å². The Balaban J connectivity index is 2.58. The molecule has 0 heterocycles. The SMILES string of the molecule is O=C1C(=C(O)c2ccccc2)C=C(O)C(O)(O)C1O. The molecular formula is C13H12O6. The van der Waals surface area contributed by atoms with Crippen LogP contribution in [-0.2, 0) is 4.79 Å². The second-order valence-corrected chi connectivity index (χ2v) is 4.15. The molecule has 1 atom stereocenters. The van der Waals surface area contributed by atoms with E-state index in [1.165, 1.54) is 12.1 Å². The van der Waals surface area contributed by atoms with Crippen LogP contribution < -0.4 is 0 Å². The number of aliphatic hydroxyl groups is 5. The van der Waals surface area contributed by atoms with E-state index in [-0.39, 0.29) is 0 Å². The first-order valence-electron chi connectivity index (χ1n) is 5.42. The van der Waals surface area contributed by atoms with E-state index in [0.29, 0.717) is 5.56 Å². The van der Waals surface area contributed by atoms with E-state index >= 15 is 0 Å². The van der Waals surface area contributed by atoms with E-state index in [0.717, 1.165) is 6.08 Å². The molecular weight excluding hydrogens is 252 g/mol. The molecule has 1 aromatic carbocycles. The van der Waals surface area contributed by atoms with Gasteiger partial charge >= 0.3 is 0 Å². The number of ketones is 1. The summed E-state index contributed by atoms with van der Waals surface area (Å²) in [5.74, 6) is -5.62. The molecule has 0 bridgehead atoms. The van der Waals surface area contributed by atoms with Crippen molar-refractivity contribution in [3.05, 3.63) is 53.3 Å². The molecule has 1 aromatic rings. The number of Topliss-reactive ketones (excluding diaryl/α,β-unsaturated/α-hetero) is 1. The molecule has 0 radical (unpaired) electrons. The summed E-state index contributed by atoms with van der Waals surface area (Å²) < 4.78 is 0. The first kappa shape index (κ1) is 13.3. The van der Waals surface area contributed by atoms with Crippen LogP contribution in [0.2, 0.25) is 0 Å². The fourth-order valence-electron chi connectivity index (χ4n) is 1.72. The van der Waals surface area contributed by atoms with Gasteiger partial charge in [0.2, 0.25) is 5.78 Å². The smallest absolute Gasteiger partial charge is 0.257 e. The fraction of sp³-hybridized carbons (Fsp3) is 0.154. The van der Waals surface area contributed by atoms with Crippen molar-refractivity contribution < 1.29 is 30.3 Å². The Morgan fingerprint density at radius 1 is 1.16 bits per heavy atom. The average molecular weight is 264 g/mol. The van der Waals surface area contributed by atoms with Crippen molar-refractivity contribution in [2.75, 3.05) is 0 Å². The van der Waals surface area contributed by atoms with Crippen LogP contribution in [0.3, 0.4) is 0 Å². The summed E-state index contributed by atoms with van der Waals surface area (Å²) in [5.41, 5.74) is -0.0968. The van der Waals surface area contributed by atoms with E-state index in [2.05, 4.69) is 0 Å². The largest absolute Gasteiger partial charge is 0.507 e. The molecule has 19 heavy (non-hydrogen) atoms. The van der Waals surface area contributed by atoms with Crippen LogP contribution in [0.4, 0.5) is 0 Å². The van der Waals surface area contributed by atoms with Gasteiger partial charge in [0.1, 0.15) is 5.76 Å². The van der Waals surface area contributed by atoms with Gasteiger partial charge in [-0.15, -0.1) is 0 Å².